The van der Waals surface area contributed by atoms with E-state index in [0.29, 0.717) is 18.4 Å². The minimum atomic E-state index is -0.374. The zero-order valence-corrected chi connectivity index (χ0v) is 12.4. The molecule has 5 nitrogen and oxygen atoms in total. The Morgan fingerprint density at radius 1 is 1.40 bits per heavy atom. The topological polar surface area (TPSA) is 64.4 Å². The van der Waals surface area contributed by atoms with Gasteiger partial charge in [0.2, 0.25) is 0 Å². The molecule has 0 radical (unpaired) electrons. The zero-order chi connectivity index (χ0) is 14.4. The number of ether oxygens (including phenoxy) is 1. The van der Waals surface area contributed by atoms with E-state index in [9.17, 15) is 10.1 Å². The first-order valence-corrected chi connectivity index (χ1v) is 8.11. The van der Waals surface area contributed by atoms with E-state index in [4.69, 9.17) is 4.74 Å². The van der Waals surface area contributed by atoms with Gasteiger partial charge in [-0.1, -0.05) is 6.92 Å². The Morgan fingerprint density at radius 2 is 2.15 bits per heavy atom. The molecule has 0 unspecified atom stereocenters. The number of nitro groups is 1. The van der Waals surface area contributed by atoms with Gasteiger partial charge in [-0.15, -0.1) is 0 Å². The summed E-state index contributed by atoms with van der Waals surface area (Å²) in [6.07, 6.45) is 3.07. The van der Waals surface area contributed by atoms with Crippen molar-refractivity contribution in [2.45, 2.75) is 32.2 Å². The maximum Gasteiger partial charge on any atom is 0.275 e. The molecule has 1 fully saturated rings. The molecule has 0 bridgehead atoms. The quantitative estimate of drug-likeness (QED) is 0.640. The van der Waals surface area contributed by atoms with Gasteiger partial charge in [-0.2, -0.15) is 11.8 Å². The predicted octanol–water partition coefficient (Wildman–Crippen LogP) is 3.69. The van der Waals surface area contributed by atoms with Crippen molar-refractivity contribution in [1.29, 1.82) is 0 Å². The van der Waals surface area contributed by atoms with E-state index in [1.54, 1.807) is 6.07 Å². The van der Waals surface area contributed by atoms with Crippen molar-refractivity contribution in [1.82, 2.24) is 0 Å². The van der Waals surface area contributed by atoms with Gasteiger partial charge in [0.15, 0.2) is 0 Å². The Hall–Kier alpha value is -1.43. The molecule has 1 heterocycles. The van der Waals surface area contributed by atoms with Gasteiger partial charge in [-0.25, -0.2) is 0 Å². The average molecular weight is 296 g/mol. The highest BCUT2D eigenvalue weighted by molar-refractivity contribution is 7.99. The summed E-state index contributed by atoms with van der Waals surface area (Å²) in [4.78, 5) is 10.6. The van der Waals surface area contributed by atoms with E-state index in [1.807, 2.05) is 24.8 Å². The first kappa shape index (κ1) is 15.0. The molecule has 0 saturated carbocycles. The van der Waals surface area contributed by atoms with Crippen LogP contribution in [0.15, 0.2) is 18.2 Å². The molecule has 2 rings (SSSR count). The number of hydrogen-bond donors (Lipinski definition) is 1. The van der Waals surface area contributed by atoms with Crippen LogP contribution in [0.2, 0.25) is 0 Å². The minimum absolute atomic E-state index is 0.0753. The lowest BCUT2D eigenvalue weighted by atomic mass is 10.1. The summed E-state index contributed by atoms with van der Waals surface area (Å²) < 4.78 is 5.53. The van der Waals surface area contributed by atoms with Crippen LogP contribution in [0.4, 0.5) is 11.4 Å². The lowest BCUT2D eigenvalue weighted by Crippen LogP contribution is -2.24. The van der Waals surface area contributed by atoms with Crippen LogP contribution in [-0.2, 0) is 0 Å². The first-order chi connectivity index (χ1) is 9.69. The minimum Gasteiger partial charge on any atom is -0.493 e. The molecular formula is C14H20N2O3S. The molecule has 0 aromatic heterocycles. The molecule has 1 aromatic rings. The number of non-ortho nitro benzene ring substituents is 1. The maximum absolute atomic E-state index is 11.0. The highest BCUT2D eigenvalue weighted by atomic mass is 32.2. The van der Waals surface area contributed by atoms with Crippen molar-refractivity contribution in [3.05, 3.63) is 28.3 Å². The van der Waals surface area contributed by atoms with Gasteiger partial charge in [-0.05, 0) is 30.8 Å². The van der Waals surface area contributed by atoms with E-state index in [1.165, 1.54) is 6.07 Å². The van der Waals surface area contributed by atoms with E-state index in [0.717, 1.165) is 36.5 Å². The Kier molecular flexibility index (Phi) is 5.52. The van der Waals surface area contributed by atoms with Crippen LogP contribution < -0.4 is 10.1 Å². The predicted molar refractivity (Wildman–Crippen MR) is 82.9 cm³/mol. The number of anilines is 1. The number of rotatable bonds is 6. The van der Waals surface area contributed by atoms with Crippen molar-refractivity contribution in [2.24, 2.45) is 0 Å². The van der Waals surface area contributed by atoms with Gasteiger partial charge < -0.3 is 10.1 Å². The van der Waals surface area contributed by atoms with E-state index in [-0.39, 0.29) is 10.6 Å². The molecule has 1 N–H and O–H groups in total. The van der Waals surface area contributed by atoms with Crippen LogP contribution in [0.5, 0.6) is 5.75 Å². The van der Waals surface area contributed by atoms with Gasteiger partial charge in [0.25, 0.3) is 5.69 Å². The van der Waals surface area contributed by atoms with E-state index >= 15 is 0 Å². The Balaban J connectivity index is 2.12. The molecule has 6 heteroatoms. The van der Waals surface area contributed by atoms with Crippen LogP contribution >= 0.6 is 11.8 Å². The van der Waals surface area contributed by atoms with Gasteiger partial charge in [0.05, 0.1) is 17.6 Å². The number of nitrogens with one attached hydrogen (secondary N) is 1. The van der Waals surface area contributed by atoms with E-state index in [2.05, 4.69) is 5.32 Å². The third-order valence-corrected chi connectivity index (χ3v) is 4.22. The van der Waals surface area contributed by atoms with Crippen molar-refractivity contribution in [2.75, 3.05) is 23.4 Å². The molecule has 1 aliphatic heterocycles. The Morgan fingerprint density at radius 3 is 2.80 bits per heavy atom. The second-order valence-corrected chi connectivity index (χ2v) is 6.08. The van der Waals surface area contributed by atoms with Crippen molar-refractivity contribution >= 4 is 23.1 Å². The molecule has 0 atom stereocenters. The summed E-state index contributed by atoms with van der Waals surface area (Å²) in [5, 5.41) is 14.4. The zero-order valence-electron chi connectivity index (χ0n) is 11.6. The van der Waals surface area contributed by atoms with Crippen molar-refractivity contribution in [3.63, 3.8) is 0 Å². The Labute approximate surface area is 123 Å². The third kappa shape index (κ3) is 4.30. The molecule has 110 valence electrons. The van der Waals surface area contributed by atoms with Crippen LogP contribution in [0, 0.1) is 10.1 Å². The van der Waals surface area contributed by atoms with Gasteiger partial charge in [0, 0.05) is 23.9 Å². The third-order valence-electron chi connectivity index (χ3n) is 3.17. The second kappa shape index (κ2) is 7.38. The fourth-order valence-electron chi connectivity index (χ4n) is 2.15. The lowest BCUT2D eigenvalue weighted by Gasteiger charge is -2.23. The largest absolute Gasteiger partial charge is 0.493 e. The molecule has 1 aromatic carbocycles. The molecule has 20 heavy (non-hydrogen) atoms. The Bertz CT molecular complexity index is 462. The molecule has 0 spiro atoms. The maximum atomic E-state index is 11.0. The number of nitro benzene ring substituents is 1. The molecular weight excluding hydrogens is 276 g/mol. The van der Waals surface area contributed by atoms with Crippen molar-refractivity contribution in [3.8, 4) is 5.75 Å². The number of nitrogens with zero attached hydrogens (tertiary/aromatic N) is 1. The highest BCUT2D eigenvalue weighted by Crippen LogP contribution is 2.28. The summed E-state index contributed by atoms with van der Waals surface area (Å²) in [6, 6.07) is 5.32. The smallest absolute Gasteiger partial charge is 0.275 e. The summed E-state index contributed by atoms with van der Waals surface area (Å²) in [5.41, 5.74) is 0.855. The SMILES string of the molecule is CCCOc1cc(NC2CCSCC2)cc([N+](=O)[O-])c1. The van der Waals surface area contributed by atoms with Gasteiger partial charge >= 0.3 is 0 Å². The number of benzene rings is 1. The van der Waals surface area contributed by atoms with Crippen LogP contribution in [0.1, 0.15) is 26.2 Å². The average Bonchev–Trinajstić information content (AvgIpc) is 2.46. The highest BCUT2D eigenvalue weighted by Gasteiger charge is 2.16. The van der Waals surface area contributed by atoms with E-state index < -0.39 is 0 Å². The number of thioether (sulfide) groups is 1. The molecule has 0 amide bonds. The van der Waals surface area contributed by atoms with Crippen molar-refractivity contribution < 1.29 is 9.66 Å². The molecule has 0 aliphatic carbocycles. The normalized spacial score (nSPS) is 15.8. The van der Waals surface area contributed by atoms with Gasteiger partial charge in [-0.3, -0.25) is 10.1 Å². The number of hydrogen-bond acceptors (Lipinski definition) is 5. The van der Waals surface area contributed by atoms with Crippen LogP contribution in [0.25, 0.3) is 0 Å². The standard InChI is InChI=1S/C14H20N2O3S/c1-2-5-19-14-9-12(8-13(10-14)16(17)18)15-11-3-6-20-7-4-11/h8-11,15H,2-7H2,1H3. The molecule has 1 saturated heterocycles. The monoisotopic (exact) mass is 296 g/mol. The summed E-state index contributed by atoms with van der Waals surface area (Å²) in [5.74, 6) is 2.85. The fraction of sp³-hybridized carbons (Fsp3) is 0.571. The van der Waals surface area contributed by atoms with Crippen LogP contribution in [0.3, 0.4) is 0 Å². The van der Waals surface area contributed by atoms with Gasteiger partial charge in [0.1, 0.15) is 5.75 Å². The second-order valence-electron chi connectivity index (χ2n) is 4.85. The fourth-order valence-corrected chi connectivity index (χ4v) is 3.26. The van der Waals surface area contributed by atoms with Crippen LogP contribution in [-0.4, -0.2) is 29.1 Å². The lowest BCUT2D eigenvalue weighted by molar-refractivity contribution is -0.384. The summed E-state index contributed by atoms with van der Waals surface area (Å²) in [7, 11) is 0. The summed E-state index contributed by atoms with van der Waals surface area (Å²) in [6.45, 7) is 2.58. The first-order valence-electron chi connectivity index (χ1n) is 6.95. The molecule has 1 aliphatic rings. The summed E-state index contributed by atoms with van der Waals surface area (Å²) >= 11 is 1.96.